The molecule has 0 N–H and O–H groups in total. The minimum absolute atomic E-state index is 0.341. The Morgan fingerprint density at radius 1 is 0.833 bits per heavy atom. The molecule has 0 radical (unpaired) electrons. The van der Waals surface area contributed by atoms with Gasteiger partial charge >= 0.3 is 11.9 Å². The van der Waals surface area contributed by atoms with Gasteiger partial charge in [0.2, 0.25) is 0 Å². The van der Waals surface area contributed by atoms with Crippen molar-refractivity contribution in [1.29, 1.82) is 0 Å². The predicted molar refractivity (Wildman–Crippen MR) is 128 cm³/mol. The van der Waals surface area contributed by atoms with Crippen LogP contribution in [-0.2, 0) is 19.1 Å². The van der Waals surface area contributed by atoms with Gasteiger partial charge in [-0.25, -0.2) is 9.59 Å². The molecule has 0 atom stereocenters. The smallest absolute Gasteiger partial charge is 0.330 e. The van der Waals surface area contributed by atoms with Gasteiger partial charge < -0.3 is 14.2 Å². The van der Waals surface area contributed by atoms with Crippen LogP contribution in [0.4, 0.5) is 0 Å². The molecule has 0 bridgehead atoms. The Morgan fingerprint density at radius 2 is 1.30 bits per heavy atom. The molecule has 0 saturated heterocycles. The normalized spacial score (nSPS) is 7.87. The molecule has 5 nitrogen and oxygen atoms in total. The summed E-state index contributed by atoms with van der Waals surface area (Å²) in [6, 6.07) is 8.09. The molecule has 1 aromatic rings. The summed E-state index contributed by atoms with van der Waals surface area (Å²) in [5, 5.41) is 0. The van der Waals surface area contributed by atoms with Gasteiger partial charge in [-0.1, -0.05) is 72.9 Å². The number of rotatable bonds is 8. The van der Waals surface area contributed by atoms with Crippen molar-refractivity contribution in [2.75, 3.05) is 19.8 Å². The Labute approximate surface area is 185 Å². The van der Waals surface area contributed by atoms with Crippen molar-refractivity contribution in [2.24, 2.45) is 0 Å². The highest BCUT2D eigenvalue weighted by molar-refractivity contribution is 5.81. The Kier molecular flexibility index (Phi) is 36.2. The fraction of sp³-hybridized carbons (Fsp3) is 0.520. The first-order chi connectivity index (χ1) is 14.5. The van der Waals surface area contributed by atoms with E-state index in [1.54, 1.807) is 6.92 Å². The number of hydrogen-bond donors (Lipinski definition) is 0. The maximum Gasteiger partial charge on any atom is 0.330 e. The molecule has 0 aliphatic carbocycles. The van der Waals surface area contributed by atoms with Gasteiger partial charge in [-0.15, -0.1) is 0 Å². The highest BCUT2D eigenvalue weighted by atomic mass is 16.5. The van der Waals surface area contributed by atoms with Crippen molar-refractivity contribution >= 4 is 11.9 Å². The summed E-state index contributed by atoms with van der Waals surface area (Å²) < 4.78 is 14.5. The standard InChI is InChI=1S/C10H14O.C6H10O2.C5H8O2.2C2H6/c1-3-8-11-10-7-5-4-6-9(10)2;1-3-5-8-6(7)4-2;1-3-5(6)7-4-2;2*1-2/h4-7H,3,8H2,1-2H3;4H,2-3,5H2,1H3;3H,1,4H2,2H3;2*1-2H3. The number of hydrogen-bond acceptors (Lipinski definition) is 5. The number of carbonyl (C=O) groups is 2. The van der Waals surface area contributed by atoms with Crippen LogP contribution < -0.4 is 4.74 Å². The van der Waals surface area contributed by atoms with Crippen LogP contribution in [0.5, 0.6) is 5.75 Å². The lowest BCUT2D eigenvalue weighted by molar-refractivity contribution is -0.138. The van der Waals surface area contributed by atoms with Crippen LogP contribution in [0.25, 0.3) is 0 Å². The van der Waals surface area contributed by atoms with E-state index in [4.69, 9.17) is 4.74 Å². The molecule has 0 amide bonds. The van der Waals surface area contributed by atoms with Crippen molar-refractivity contribution in [2.45, 2.75) is 68.2 Å². The van der Waals surface area contributed by atoms with E-state index in [1.165, 1.54) is 5.56 Å². The maximum atomic E-state index is 10.2. The summed E-state index contributed by atoms with van der Waals surface area (Å²) in [5.41, 5.74) is 1.21. The zero-order chi connectivity index (χ0) is 24.2. The van der Waals surface area contributed by atoms with Gasteiger partial charge in [0.05, 0.1) is 19.8 Å². The first-order valence-electron chi connectivity index (χ1n) is 10.7. The first-order valence-corrected chi connectivity index (χ1v) is 10.7. The molecule has 0 aromatic heterocycles. The summed E-state index contributed by atoms with van der Waals surface area (Å²) >= 11 is 0. The second-order valence-electron chi connectivity index (χ2n) is 4.94. The molecule has 0 aliphatic heterocycles. The van der Waals surface area contributed by atoms with Crippen molar-refractivity contribution in [3.63, 3.8) is 0 Å². The van der Waals surface area contributed by atoms with Crippen molar-refractivity contribution in [3.05, 3.63) is 55.1 Å². The molecule has 0 spiro atoms. The Bertz CT molecular complexity index is 524. The number of ether oxygens (including phenoxy) is 3. The van der Waals surface area contributed by atoms with Gasteiger partial charge in [-0.05, 0) is 38.3 Å². The van der Waals surface area contributed by atoms with Crippen LogP contribution >= 0.6 is 0 Å². The fourth-order valence-corrected chi connectivity index (χ4v) is 1.39. The highest BCUT2D eigenvalue weighted by Crippen LogP contribution is 2.15. The van der Waals surface area contributed by atoms with Gasteiger partial charge in [0.15, 0.2) is 0 Å². The van der Waals surface area contributed by atoms with Gasteiger partial charge in [-0.3, -0.25) is 0 Å². The average molecular weight is 425 g/mol. The largest absolute Gasteiger partial charge is 0.493 e. The van der Waals surface area contributed by atoms with Crippen LogP contribution in [0.3, 0.4) is 0 Å². The third-order valence-electron chi connectivity index (χ3n) is 2.62. The SMILES string of the molecule is C=CC(=O)OCC.C=CC(=O)OCCC.CC.CC.CCCOc1ccccc1C. The average Bonchev–Trinajstić information content (AvgIpc) is 2.80. The molecule has 30 heavy (non-hydrogen) atoms. The topological polar surface area (TPSA) is 61.8 Å². The maximum absolute atomic E-state index is 10.2. The molecule has 0 saturated carbocycles. The van der Waals surface area contributed by atoms with E-state index in [9.17, 15) is 9.59 Å². The van der Waals surface area contributed by atoms with Crippen LogP contribution in [0, 0.1) is 6.92 Å². The monoisotopic (exact) mass is 424 g/mol. The summed E-state index contributed by atoms with van der Waals surface area (Å²) in [6.07, 6.45) is 4.23. The van der Waals surface area contributed by atoms with E-state index < -0.39 is 0 Å². The van der Waals surface area contributed by atoms with Crippen molar-refractivity contribution in [3.8, 4) is 5.75 Å². The molecule has 0 unspecified atom stereocenters. The second kappa shape index (κ2) is 31.1. The molecule has 5 heteroatoms. The highest BCUT2D eigenvalue weighted by Gasteiger charge is 1.94. The van der Waals surface area contributed by atoms with E-state index in [2.05, 4.69) is 42.5 Å². The fourth-order valence-electron chi connectivity index (χ4n) is 1.39. The van der Waals surface area contributed by atoms with Gasteiger partial charge in [0.1, 0.15) is 5.75 Å². The Hall–Kier alpha value is -2.56. The minimum atomic E-state index is -0.359. The summed E-state index contributed by atoms with van der Waals surface area (Å²) in [5.74, 6) is 0.309. The van der Waals surface area contributed by atoms with E-state index in [-0.39, 0.29) is 11.9 Å². The van der Waals surface area contributed by atoms with Gasteiger partial charge in [0.25, 0.3) is 0 Å². The molecule has 174 valence electrons. The molecule has 0 heterocycles. The molecule has 0 aliphatic rings. The number of esters is 2. The number of para-hydroxylation sites is 1. The quantitative estimate of drug-likeness (QED) is 0.343. The third-order valence-corrected chi connectivity index (χ3v) is 2.62. The summed E-state index contributed by atoms with van der Waals surface area (Å²) in [6.45, 7) is 24.0. The lowest BCUT2D eigenvalue weighted by Gasteiger charge is -2.06. The number of aryl methyl sites for hydroxylation is 1. The molecule has 1 rings (SSSR count). The Balaban J connectivity index is -0.000000160. The zero-order valence-electron chi connectivity index (χ0n) is 20.5. The first kappa shape index (κ1) is 34.9. The molecular formula is C25H44O5. The van der Waals surface area contributed by atoms with Crippen LogP contribution in [0.2, 0.25) is 0 Å². The lowest BCUT2D eigenvalue weighted by Crippen LogP contribution is -1.99. The minimum Gasteiger partial charge on any atom is -0.493 e. The second-order valence-corrected chi connectivity index (χ2v) is 4.94. The third kappa shape index (κ3) is 27.7. The summed E-state index contributed by atoms with van der Waals surface area (Å²) in [4.78, 5) is 20.3. The molecule has 1 aromatic carbocycles. The number of carbonyl (C=O) groups excluding carboxylic acids is 2. The Morgan fingerprint density at radius 3 is 1.67 bits per heavy atom. The summed E-state index contributed by atoms with van der Waals surface area (Å²) in [7, 11) is 0. The van der Waals surface area contributed by atoms with Gasteiger partial charge in [0, 0.05) is 12.2 Å². The van der Waals surface area contributed by atoms with Gasteiger partial charge in [-0.2, -0.15) is 0 Å². The molecular weight excluding hydrogens is 380 g/mol. The van der Waals surface area contributed by atoms with E-state index in [1.807, 2.05) is 52.8 Å². The van der Waals surface area contributed by atoms with E-state index in [0.717, 1.165) is 37.4 Å². The predicted octanol–water partition coefficient (Wildman–Crippen LogP) is 6.70. The number of benzene rings is 1. The van der Waals surface area contributed by atoms with Crippen molar-refractivity contribution in [1.82, 2.24) is 0 Å². The zero-order valence-corrected chi connectivity index (χ0v) is 20.5. The lowest BCUT2D eigenvalue weighted by atomic mass is 10.2. The van der Waals surface area contributed by atoms with E-state index >= 15 is 0 Å². The van der Waals surface area contributed by atoms with E-state index in [0.29, 0.717) is 13.2 Å². The van der Waals surface area contributed by atoms with Crippen LogP contribution in [0.15, 0.2) is 49.6 Å². The van der Waals surface area contributed by atoms with Crippen molar-refractivity contribution < 1.29 is 23.8 Å². The van der Waals surface area contributed by atoms with Crippen LogP contribution in [0.1, 0.15) is 66.9 Å². The molecule has 0 fully saturated rings. The van der Waals surface area contributed by atoms with Crippen LogP contribution in [-0.4, -0.2) is 31.8 Å².